The van der Waals surface area contributed by atoms with Crippen LogP contribution < -0.4 is 26.6 Å². The quantitative estimate of drug-likeness (QED) is 0.351. The van der Waals surface area contributed by atoms with Gasteiger partial charge in [0.15, 0.2) is 0 Å². The summed E-state index contributed by atoms with van der Waals surface area (Å²) < 4.78 is 0. The van der Waals surface area contributed by atoms with Gasteiger partial charge in [-0.05, 0) is 30.2 Å². The smallest absolute Gasteiger partial charge is 0.234 e. The number of carbonyl (C=O) groups is 4. The molecule has 9 nitrogen and oxygen atoms in total. The third kappa shape index (κ3) is 8.87. The first-order chi connectivity index (χ1) is 16.4. The van der Waals surface area contributed by atoms with Crippen molar-refractivity contribution in [1.29, 1.82) is 0 Å². The van der Waals surface area contributed by atoms with E-state index in [1.807, 2.05) is 30.3 Å². The van der Waals surface area contributed by atoms with Crippen molar-refractivity contribution in [3.8, 4) is 0 Å². The largest absolute Gasteiger partial charge is 0.356 e. The van der Waals surface area contributed by atoms with Gasteiger partial charge in [-0.2, -0.15) is 0 Å². The van der Waals surface area contributed by atoms with Crippen LogP contribution in [0.1, 0.15) is 25.3 Å². The van der Waals surface area contributed by atoms with E-state index in [0.717, 1.165) is 12.0 Å². The summed E-state index contributed by atoms with van der Waals surface area (Å²) in [5, 5.41) is 14.3. The van der Waals surface area contributed by atoms with Crippen molar-refractivity contribution in [2.75, 3.05) is 22.9 Å². The van der Waals surface area contributed by atoms with Crippen molar-refractivity contribution >= 4 is 46.8 Å². The SMILES string of the molecule is CC(=O)Nc1cccc(NC(=O)CSC2NC(=O)CC(CC(=O)NCCc3ccccc3)N2)c1. The van der Waals surface area contributed by atoms with Crippen LogP contribution in [0.5, 0.6) is 0 Å². The van der Waals surface area contributed by atoms with Crippen molar-refractivity contribution in [2.24, 2.45) is 0 Å². The minimum Gasteiger partial charge on any atom is -0.356 e. The van der Waals surface area contributed by atoms with E-state index < -0.39 is 5.50 Å². The number of hydrogen-bond acceptors (Lipinski definition) is 6. The van der Waals surface area contributed by atoms with Gasteiger partial charge in [-0.3, -0.25) is 24.5 Å². The summed E-state index contributed by atoms with van der Waals surface area (Å²) in [7, 11) is 0. The zero-order chi connectivity index (χ0) is 24.3. The van der Waals surface area contributed by atoms with E-state index >= 15 is 0 Å². The maximum atomic E-state index is 12.3. The van der Waals surface area contributed by atoms with E-state index in [1.165, 1.54) is 18.7 Å². The zero-order valence-corrected chi connectivity index (χ0v) is 19.7. The second-order valence-corrected chi connectivity index (χ2v) is 9.02. The molecule has 0 bridgehead atoms. The molecule has 1 aliphatic heterocycles. The highest BCUT2D eigenvalue weighted by Gasteiger charge is 2.28. The number of benzene rings is 2. The summed E-state index contributed by atoms with van der Waals surface area (Å²) in [4.78, 5) is 47.9. The monoisotopic (exact) mass is 483 g/mol. The van der Waals surface area contributed by atoms with Crippen molar-refractivity contribution in [3.05, 3.63) is 60.2 Å². The standard InChI is InChI=1S/C24H29N5O4S/c1-16(30)26-18-8-5-9-19(12-18)27-23(33)15-34-24-28-20(14-22(32)29-24)13-21(31)25-11-10-17-6-3-2-4-7-17/h2-9,12,20,24,28H,10-11,13-15H2,1H3,(H,25,31)(H,26,30)(H,27,33)(H,29,32). The second kappa shape index (κ2) is 12.8. The van der Waals surface area contributed by atoms with Gasteiger partial charge in [-0.25, -0.2) is 0 Å². The van der Waals surface area contributed by atoms with E-state index in [4.69, 9.17) is 0 Å². The Labute approximate surface area is 202 Å². The van der Waals surface area contributed by atoms with Crippen molar-refractivity contribution < 1.29 is 19.2 Å². The summed E-state index contributed by atoms with van der Waals surface area (Å²) in [5.74, 6) is -0.636. The van der Waals surface area contributed by atoms with E-state index in [9.17, 15) is 19.2 Å². The molecule has 4 amide bonds. The van der Waals surface area contributed by atoms with Gasteiger partial charge in [-0.1, -0.05) is 36.4 Å². The highest BCUT2D eigenvalue weighted by Crippen LogP contribution is 2.17. The van der Waals surface area contributed by atoms with E-state index in [-0.39, 0.29) is 48.3 Å². The van der Waals surface area contributed by atoms with Gasteiger partial charge in [0, 0.05) is 43.7 Å². The molecule has 2 aromatic rings. The van der Waals surface area contributed by atoms with Crippen LogP contribution >= 0.6 is 11.8 Å². The Morgan fingerprint density at radius 3 is 2.47 bits per heavy atom. The fourth-order valence-electron chi connectivity index (χ4n) is 3.49. The molecule has 2 unspecified atom stereocenters. The fraction of sp³-hybridized carbons (Fsp3) is 0.333. The lowest BCUT2D eigenvalue weighted by molar-refractivity contribution is -0.125. The number of thioether (sulfide) groups is 1. The molecule has 0 radical (unpaired) electrons. The summed E-state index contributed by atoms with van der Waals surface area (Å²) in [6, 6.07) is 16.4. The number of carbonyl (C=O) groups excluding carboxylic acids is 4. The molecule has 0 spiro atoms. The normalized spacial score (nSPS) is 17.4. The van der Waals surface area contributed by atoms with E-state index in [2.05, 4.69) is 26.6 Å². The Kier molecular flexibility index (Phi) is 9.48. The second-order valence-electron chi connectivity index (χ2n) is 7.93. The number of amides is 4. The van der Waals surface area contributed by atoms with Gasteiger partial charge in [0.25, 0.3) is 0 Å². The summed E-state index contributed by atoms with van der Waals surface area (Å²) >= 11 is 1.23. The molecule has 1 fully saturated rings. The number of rotatable bonds is 10. The average molecular weight is 484 g/mol. The molecule has 1 aliphatic rings. The molecular weight excluding hydrogens is 454 g/mol. The fourth-order valence-corrected chi connectivity index (χ4v) is 4.38. The van der Waals surface area contributed by atoms with Crippen LogP contribution in [0.4, 0.5) is 11.4 Å². The summed E-state index contributed by atoms with van der Waals surface area (Å²) in [5.41, 5.74) is 1.82. The number of hydrogen-bond donors (Lipinski definition) is 5. The topological polar surface area (TPSA) is 128 Å². The van der Waals surface area contributed by atoms with Crippen LogP contribution in [-0.2, 0) is 25.6 Å². The maximum absolute atomic E-state index is 12.3. The van der Waals surface area contributed by atoms with Crippen LogP contribution in [0.25, 0.3) is 0 Å². The molecular formula is C24H29N5O4S. The minimum atomic E-state index is -0.472. The molecule has 1 heterocycles. The van der Waals surface area contributed by atoms with Gasteiger partial charge in [0.05, 0.1) is 5.75 Å². The molecule has 0 saturated carbocycles. The van der Waals surface area contributed by atoms with Gasteiger partial charge in [0.1, 0.15) is 5.50 Å². The van der Waals surface area contributed by atoms with Gasteiger partial charge in [-0.15, -0.1) is 11.8 Å². The zero-order valence-electron chi connectivity index (χ0n) is 18.9. The molecule has 0 aliphatic carbocycles. The van der Waals surface area contributed by atoms with E-state index in [1.54, 1.807) is 24.3 Å². The van der Waals surface area contributed by atoms with E-state index in [0.29, 0.717) is 17.9 Å². The summed E-state index contributed by atoms with van der Waals surface area (Å²) in [6.45, 7) is 1.94. The third-order valence-corrected chi connectivity index (χ3v) is 5.99. The first kappa shape index (κ1) is 25.3. The molecule has 180 valence electrons. The maximum Gasteiger partial charge on any atom is 0.234 e. The van der Waals surface area contributed by atoms with Crippen LogP contribution in [0.3, 0.4) is 0 Å². The first-order valence-electron chi connectivity index (χ1n) is 11.0. The number of nitrogens with one attached hydrogen (secondary N) is 5. The van der Waals surface area contributed by atoms with Gasteiger partial charge >= 0.3 is 0 Å². The Bertz CT molecular complexity index is 1020. The minimum absolute atomic E-state index is 0.0955. The first-order valence-corrected chi connectivity index (χ1v) is 12.1. The average Bonchev–Trinajstić information content (AvgIpc) is 2.78. The molecule has 1 saturated heterocycles. The predicted octanol–water partition coefficient (Wildman–Crippen LogP) is 1.83. The molecule has 2 atom stereocenters. The Hall–Kier alpha value is -3.37. The molecule has 3 rings (SSSR count). The van der Waals surface area contributed by atoms with Crippen molar-refractivity contribution in [2.45, 2.75) is 37.7 Å². The molecule has 10 heteroatoms. The summed E-state index contributed by atoms with van der Waals surface area (Å²) in [6.07, 6.45) is 1.12. The lowest BCUT2D eigenvalue weighted by Crippen LogP contribution is -2.56. The predicted molar refractivity (Wildman–Crippen MR) is 133 cm³/mol. The molecule has 0 aromatic heterocycles. The van der Waals surface area contributed by atoms with Crippen LogP contribution in [0.15, 0.2) is 54.6 Å². The number of anilines is 2. The van der Waals surface area contributed by atoms with Gasteiger partial charge < -0.3 is 21.3 Å². The molecule has 2 aromatic carbocycles. The van der Waals surface area contributed by atoms with Crippen molar-refractivity contribution in [3.63, 3.8) is 0 Å². The Morgan fingerprint density at radius 2 is 1.74 bits per heavy atom. The van der Waals surface area contributed by atoms with Gasteiger partial charge in [0.2, 0.25) is 23.6 Å². The van der Waals surface area contributed by atoms with Crippen LogP contribution in [0.2, 0.25) is 0 Å². The van der Waals surface area contributed by atoms with Crippen LogP contribution in [-0.4, -0.2) is 47.5 Å². The Balaban J connectivity index is 1.40. The van der Waals surface area contributed by atoms with Crippen molar-refractivity contribution in [1.82, 2.24) is 16.0 Å². The Morgan fingerprint density at radius 1 is 1.00 bits per heavy atom. The lowest BCUT2D eigenvalue weighted by atomic mass is 10.1. The molecule has 5 N–H and O–H groups in total. The highest BCUT2D eigenvalue weighted by atomic mass is 32.2. The lowest BCUT2D eigenvalue weighted by Gasteiger charge is -2.30. The molecule has 34 heavy (non-hydrogen) atoms. The van der Waals surface area contributed by atoms with Crippen LogP contribution in [0, 0.1) is 0 Å². The third-order valence-electron chi connectivity index (χ3n) is 4.97. The highest BCUT2D eigenvalue weighted by molar-refractivity contribution is 8.00.